The van der Waals surface area contributed by atoms with Gasteiger partial charge < -0.3 is 13.3 Å². The molecule has 0 aromatic rings. The van der Waals surface area contributed by atoms with E-state index in [9.17, 15) is 0 Å². The molecule has 0 aliphatic heterocycles. The average molecular weight is 176 g/mol. The molecule has 0 heterocycles. The van der Waals surface area contributed by atoms with E-state index in [1.807, 2.05) is 6.04 Å². The Balaban J connectivity index is 3.84. The van der Waals surface area contributed by atoms with Gasteiger partial charge in [-0.2, -0.15) is 0 Å². The predicted molar refractivity (Wildman–Crippen MR) is 45.7 cm³/mol. The van der Waals surface area contributed by atoms with Crippen molar-refractivity contribution in [3.8, 4) is 0 Å². The van der Waals surface area contributed by atoms with E-state index >= 15 is 0 Å². The zero-order valence-corrected chi connectivity index (χ0v) is 8.42. The summed E-state index contributed by atoms with van der Waals surface area (Å²) >= 11 is 0. The summed E-state index contributed by atoms with van der Waals surface area (Å²) in [6.45, 7) is 3.72. The Labute approximate surface area is 70.0 Å². The van der Waals surface area contributed by atoms with E-state index in [1.54, 1.807) is 21.3 Å². The average Bonchev–Trinajstić information content (AvgIpc) is 2.08. The summed E-state index contributed by atoms with van der Waals surface area (Å²) in [5.41, 5.74) is 0. The summed E-state index contributed by atoms with van der Waals surface area (Å²) in [7, 11) is 2.38. The van der Waals surface area contributed by atoms with Crippen LogP contribution in [0.5, 0.6) is 0 Å². The van der Waals surface area contributed by atoms with Gasteiger partial charge in [-0.15, -0.1) is 0 Å². The van der Waals surface area contributed by atoms with E-state index in [1.165, 1.54) is 0 Å². The molecule has 2 radical (unpaired) electrons. The van der Waals surface area contributed by atoms with Crippen LogP contribution in [0.1, 0.15) is 12.8 Å². The van der Waals surface area contributed by atoms with Gasteiger partial charge in [-0.25, -0.2) is 0 Å². The lowest BCUT2D eigenvalue weighted by atomic mass is 10.4. The SMILES string of the molecule is [CH2]CC[CH][Si](OC)(OC)OC. The molecule has 0 unspecified atom stereocenters. The monoisotopic (exact) mass is 176 g/mol. The summed E-state index contributed by atoms with van der Waals surface area (Å²) in [5, 5.41) is 0. The number of unbranched alkanes of at least 4 members (excludes halogenated alkanes) is 1. The maximum atomic E-state index is 5.15. The number of hydrogen-bond donors (Lipinski definition) is 0. The zero-order chi connectivity index (χ0) is 8.74. The molecule has 0 aliphatic rings. The van der Waals surface area contributed by atoms with Gasteiger partial charge in [-0.05, 0) is 6.42 Å². The van der Waals surface area contributed by atoms with Crippen molar-refractivity contribution in [2.75, 3.05) is 21.3 Å². The maximum absolute atomic E-state index is 5.15. The third-order valence-electron chi connectivity index (χ3n) is 1.45. The lowest BCUT2D eigenvalue weighted by Crippen LogP contribution is -2.43. The van der Waals surface area contributed by atoms with Crippen molar-refractivity contribution in [2.45, 2.75) is 12.8 Å². The molecular formula is C7H16O3Si. The predicted octanol–water partition coefficient (Wildman–Crippen LogP) is 1.22. The number of hydrogen-bond acceptors (Lipinski definition) is 3. The van der Waals surface area contributed by atoms with Crippen LogP contribution in [-0.4, -0.2) is 30.1 Å². The van der Waals surface area contributed by atoms with Crippen LogP contribution in [0.4, 0.5) is 0 Å². The normalized spacial score (nSPS) is 12.0. The second kappa shape index (κ2) is 5.71. The van der Waals surface area contributed by atoms with Gasteiger partial charge in [0.15, 0.2) is 0 Å². The first-order chi connectivity index (χ1) is 5.24. The van der Waals surface area contributed by atoms with Crippen molar-refractivity contribution in [3.05, 3.63) is 13.0 Å². The minimum absolute atomic E-state index is 0.838. The smallest absolute Gasteiger partial charge is 0.377 e. The zero-order valence-electron chi connectivity index (χ0n) is 7.42. The van der Waals surface area contributed by atoms with Gasteiger partial charge >= 0.3 is 8.80 Å². The molecule has 11 heavy (non-hydrogen) atoms. The quantitative estimate of drug-likeness (QED) is 0.570. The topological polar surface area (TPSA) is 27.7 Å². The fourth-order valence-electron chi connectivity index (χ4n) is 0.779. The van der Waals surface area contributed by atoms with Gasteiger partial charge in [-0.1, -0.05) is 13.3 Å². The van der Waals surface area contributed by atoms with Gasteiger partial charge in [0.25, 0.3) is 0 Å². The van der Waals surface area contributed by atoms with E-state index in [0.717, 1.165) is 12.8 Å². The molecule has 0 amide bonds. The van der Waals surface area contributed by atoms with Crippen molar-refractivity contribution >= 4 is 8.80 Å². The molecule has 0 bridgehead atoms. The largest absolute Gasteiger partial charge is 0.503 e. The first-order valence-electron chi connectivity index (χ1n) is 3.53. The molecule has 0 spiro atoms. The van der Waals surface area contributed by atoms with Gasteiger partial charge in [0, 0.05) is 27.4 Å². The Kier molecular flexibility index (Phi) is 5.76. The first-order valence-corrected chi connectivity index (χ1v) is 5.34. The van der Waals surface area contributed by atoms with Crippen LogP contribution in [0.15, 0.2) is 0 Å². The molecule has 0 saturated heterocycles. The molecule has 4 heteroatoms. The van der Waals surface area contributed by atoms with Crippen LogP contribution in [0.25, 0.3) is 0 Å². The Bertz CT molecular complexity index is 85.4. The number of rotatable bonds is 6. The van der Waals surface area contributed by atoms with Gasteiger partial charge in [0.05, 0.1) is 0 Å². The summed E-state index contributed by atoms with van der Waals surface area (Å²) < 4.78 is 15.4. The molecule has 0 atom stereocenters. The molecular weight excluding hydrogens is 160 g/mol. The molecule has 3 nitrogen and oxygen atoms in total. The molecule has 0 aromatic carbocycles. The summed E-state index contributed by atoms with van der Waals surface area (Å²) in [6, 6.07) is 1.94. The molecule has 0 saturated carbocycles. The molecule has 0 rings (SSSR count). The Morgan fingerprint density at radius 3 is 1.91 bits per heavy atom. The lowest BCUT2D eigenvalue weighted by Gasteiger charge is -2.23. The van der Waals surface area contributed by atoms with E-state index in [2.05, 4.69) is 6.92 Å². The molecule has 0 N–H and O–H groups in total. The van der Waals surface area contributed by atoms with E-state index in [4.69, 9.17) is 13.3 Å². The highest BCUT2D eigenvalue weighted by Gasteiger charge is 2.36. The van der Waals surface area contributed by atoms with E-state index in [0.29, 0.717) is 0 Å². The van der Waals surface area contributed by atoms with Crippen LogP contribution in [0, 0.1) is 13.0 Å². The van der Waals surface area contributed by atoms with Crippen molar-refractivity contribution in [1.82, 2.24) is 0 Å². The first kappa shape index (κ1) is 11.1. The Morgan fingerprint density at radius 1 is 1.18 bits per heavy atom. The third kappa shape index (κ3) is 3.33. The Hall–Kier alpha value is 0.0969. The lowest BCUT2D eigenvalue weighted by molar-refractivity contribution is 0.132. The molecule has 0 fully saturated rings. The molecule has 66 valence electrons. The highest BCUT2D eigenvalue weighted by molar-refractivity contribution is 6.64. The summed E-state index contributed by atoms with van der Waals surface area (Å²) in [4.78, 5) is 0. The van der Waals surface area contributed by atoms with Crippen molar-refractivity contribution in [2.24, 2.45) is 0 Å². The van der Waals surface area contributed by atoms with Crippen LogP contribution in [-0.2, 0) is 13.3 Å². The second-order valence-electron chi connectivity index (χ2n) is 2.06. The summed E-state index contributed by atoms with van der Waals surface area (Å²) in [5.74, 6) is 0. The summed E-state index contributed by atoms with van der Waals surface area (Å²) in [6.07, 6.45) is 1.70. The van der Waals surface area contributed by atoms with Crippen molar-refractivity contribution in [1.29, 1.82) is 0 Å². The minimum atomic E-state index is -2.40. The standard InChI is InChI=1S/C7H16O3Si/c1-5-6-7-11(8-2,9-3)10-4/h7H,1,5-6H2,2-4H3. The van der Waals surface area contributed by atoms with Gasteiger partial charge in [0.1, 0.15) is 0 Å². The third-order valence-corrected chi connectivity index (χ3v) is 3.95. The van der Waals surface area contributed by atoms with Crippen LogP contribution in [0.3, 0.4) is 0 Å². The van der Waals surface area contributed by atoms with E-state index in [-0.39, 0.29) is 0 Å². The Morgan fingerprint density at radius 2 is 1.64 bits per heavy atom. The van der Waals surface area contributed by atoms with Crippen molar-refractivity contribution < 1.29 is 13.3 Å². The van der Waals surface area contributed by atoms with E-state index < -0.39 is 8.80 Å². The van der Waals surface area contributed by atoms with Crippen molar-refractivity contribution in [3.63, 3.8) is 0 Å². The fraction of sp³-hybridized carbons (Fsp3) is 0.714. The highest BCUT2D eigenvalue weighted by atomic mass is 28.4. The van der Waals surface area contributed by atoms with Gasteiger partial charge in [0.2, 0.25) is 0 Å². The molecule has 0 aliphatic carbocycles. The minimum Gasteiger partial charge on any atom is -0.377 e. The van der Waals surface area contributed by atoms with Crippen LogP contribution in [0.2, 0.25) is 0 Å². The maximum Gasteiger partial charge on any atom is 0.503 e. The highest BCUT2D eigenvalue weighted by Crippen LogP contribution is 2.12. The van der Waals surface area contributed by atoms with Crippen LogP contribution < -0.4 is 0 Å². The second-order valence-corrected chi connectivity index (χ2v) is 4.90. The molecule has 0 aromatic heterocycles. The fourth-order valence-corrected chi connectivity index (χ4v) is 2.34. The van der Waals surface area contributed by atoms with Crippen LogP contribution >= 0.6 is 0 Å². The van der Waals surface area contributed by atoms with Gasteiger partial charge in [-0.3, -0.25) is 0 Å².